The van der Waals surface area contributed by atoms with Gasteiger partial charge in [0, 0.05) is 24.0 Å². The molecule has 0 aromatic heterocycles. The van der Waals surface area contributed by atoms with Gasteiger partial charge in [0.05, 0.1) is 16.8 Å². The van der Waals surface area contributed by atoms with Crippen molar-refractivity contribution < 1.29 is 4.79 Å². The van der Waals surface area contributed by atoms with E-state index in [1.807, 2.05) is 60.5 Å². The molecule has 0 spiro atoms. The molecule has 1 amide bonds. The van der Waals surface area contributed by atoms with E-state index < -0.39 is 0 Å². The minimum Gasteiger partial charge on any atom is -0.284 e. The topological polar surface area (TPSA) is 47.9 Å². The molecular weight excluding hydrogens is 431 g/mol. The van der Waals surface area contributed by atoms with E-state index in [2.05, 4.69) is 10.4 Å². The van der Waals surface area contributed by atoms with Gasteiger partial charge in [-0.05, 0) is 54.5 Å². The van der Waals surface area contributed by atoms with E-state index in [-0.39, 0.29) is 17.9 Å². The molecule has 1 saturated carbocycles. The van der Waals surface area contributed by atoms with Crippen molar-refractivity contribution in [3.63, 3.8) is 0 Å². The fraction of sp³-hybridized carbons (Fsp3) is 0.417. The molecule has 1 saturated heterocycles. The van der Waals surface area contributed by atoms with Crippen LogP contribution in [0.1, 0.15) is 37.8 Å². The molecule has 7 heteroatoms. The van der Waals surface area contributed by atoms with Crippen molar-refractivity contribution in [1.29, 1.82) is 0 Å². The maximum Gasteiger partial charge on any atom is 0.282 e. The smallest absolute Gasteiger partial charge is 0.282 e. The predicted molar refractivity (Wildman–Crippen MR) is 125 cm³/mol. The number of amides is 1. The van der Waals surface area contributed by atoms with Gasteiger partial charge < -0.3 is 0 Å². The van der Waals surface area contributed by atoms with Gasteiger partial charge in [-0.1, -0.05) is 60.8 Å². The summed E-state index contributed by atoms with van der Waals surface area (Å²) in [4.78, 5) is 13.3. The van der Waals surface area contributed by atoms with Crippen molar-refractivity contribution in [2.75, 3.05) is 18.1 Å². The molecule has 2 aromatic rings. The summed E-state index contributed by atoms with van der Waals surface area (Å²) in [5, 5.41) is 10.0. The quantitative estimate of drug-likeness (QED) is 0.677. The minimum absolute atomic E-state index is 0.112. The summed E-state index contributed by atoms with van der Waals surface area (Å²) in [5.41, 5.74) is 5.48. The molecular formula is C24H26Cl2N4O. The first kappa shape index (κ1) is 20.8. The fourth-order valence-corrected chi connectivity index (χ4v) is 5.69. The van der Waals surface area contributed by atoms with Gasteiger partial charge >= 0.3 is 0 Å². The highest BCUT2D eigenvalue weighted by molar-refractivity contribution is 6.40. The maximum absolute atomic E-state index is 13.3. The van der Waals surface area contributed by atoms with E-state index in [1.54, 1.807) is 0 Å². The molecule has 2 heterocycles. The van der Waals surface area contributed by atoms with Crippen molar-refractivity contribution >= 4 is 40.5 Å². The summed E-state index contributed by atoms with van der Waals surface area (Å²) in [7, 11) is 0. The summed E-state index contributed by atoms with van der Waals surface area (Å²) in [6.45, 7) is 3.92. The first-order chi connectivity index (χ1) is 15.0. The van der Waals surface area contributed by atoms with Crippen LogP contribution in [0.3, 0.4) is 0 Å². The molecule has 2 unspecified atom stereocenters. The van der Waals surface area contributed by atoms with Crippen LogP contribution >= 0.6 is 23.2 Å². The lowest BCUT2D eigenvalue weighted by molar-refractivity contribution is -0.119. The monoisotopic (exact) mass is 456 g/mol. The number of anilines is 1. The standard InChI is InChI=1S/C24H26Cl2N4O/c1-15-22(24(31)28-29-13-17-5-4-6-18(17)14-29)27-30(21-8-3-2-7-20(21)26)23(15)16-9-11-19(25)12-10-16/h2-3,7-12,15,17-18,23H,4-6,13-14H2,1H3,(H,28,31)/t15-,17?,18?,23+/m0/s1. The molecule has 31 heavy (non-hydrogen) atoms. The van der Waals surface area contributed by atoms with Gasteiger partial charge in [0.25, 0.3) is 5.91 Å². The van der Waals surface area contributed by atoms with Gasteiger partial charge in [0.1, 0.15) is 5.71 Å². The number of nitrogens with zero attached hydrogens (tertiary/aromatic N) is 3. The molecule has 5 rings (SSSR count). The number of benzene rings is 2. The lowest BCUT2D eigenvalue weighted by atomic mass is 9.91. The van der Waals surface area contributed by atoms with Crippen LogP contribution < -0.4 is 10.4 Å². The van der Waals surface area contributed by atoms with Crippen LogP contribution in [0.15, 0.2) is 53.6 Å². The summed E-state index contributed by atoms with van der Waals surface area (Å²) >= 11 is 12.6. The Bertz CT molecular complexity index is 997. The summed E-state index contributed by atoms with van der Waals surface area (Å²) in [6, 6.07) is 15.2. The van der Waals surface area contributed by atoms with Crippen molar-refractivity contribution in [2.24, 2.45) is 22.9 Å². The Morgan fingerprint density at radius 2 is 1.71 bits per heavy atom. The molecule has 1 aliphatic carbocycles. The van der Waals surface area contributed by atoms with Crippen molar-refractivity contribution in [2.45, 2.75) is 32.2 Å². The molecule has 2 fully saturated rings. The molecule has 2 aromatic carbocycles. The summed E-state index contributed by atoms with van der Waals surface area (Å²) in [5.74, 6) is 1.19. The fourth-order valence-electron chi connectivity index (χ4n) is 5.34. The number of hydrogen-bond donors (Lipinski definition) is 1. The molecule has 0 bridgehead atoms. The number of hydrazine groups is 1. The van der Waals surface area contributed by atoms with Crippen LogP contribution in [0.5, 0.6) is 0 Å². The second kappa shape index (κ2) is 8.45. The van der Waals surface area contributed by atoms with Crippen molar-refractivity contribution in [3.8, 4) is 0 Å². The lowest BCUT2D eigenvalue weighted by Gasteiger charge is -2.27. The highest BCUT2D eigenvalue weighted by Gasteiger charge is 2.42. The van der Waals surface area contributed by atoms with Gasteiger partial charge in [0.15, 0.2) is 0 Å². The Morgan fingerprint density at radius 1 is 1.03 bits per heavy atom. The van der Waals surface area contributed by atoms with Crippen LogP contribution in [0.4, 0.5) is 5.69 Å². The van der Waals surface area contributed by atoms with Crippen LogP contribution in [0.25, 0.3) is 0 Å². The van der Waals surface area contributed by atoms with Gasteiger partial charge in [-0.2, -0.15) is 5.10 Å². The largest absolute Gasteiger partial charge is 0.284 e. The molecule has 2 aliphatic heterocycles. The predicted octanol–water partition coefficient (Wildman–Crippen LogP) is 5.31. The Labute approximate surface area is 193 Å². The van der Waals surface area contributed by atoms with Gasteiger partial charge in [-0.15, -0.1) is 0 Å². The SMILES string of the molecule is C[C@H]1C(C(=O)NN2CC3CCCC3C2)=NN(c2ccccc2Cl)[C@H]1c1ccc(Cl)cc1. The normalized spacial score (nSPS) is 28.0. The average Bonchev–Trinajstić information content (AvgIpc) is 3.43. The zero-order valence-electron chi connectivity index (χ0n) is 17.5. The number of para-hydroxylation sites is 1. The Balaban J connectivity index is 1.43. The first-order valence-corrected chi connectivity index (χ1v) is 11.7. The van der Waals surface area contributed by atoms with Gasteiger partial charge in [-0.25, -0.2) is 5.01 Å². The number of carbonyl (C=O) groups excluding carboxylic acids is 1. The Hall–Kier alpha value is -2.08. The molecule has 1 N–H and O–H groups in total. The third-order valence-corrected chi connectivity index (χ3v) is 7.48. The van der Waals surface area contributed by atoms with E-state index in [0.29, 0.717) is 27.6 Å². The van der Waals surface area contributed by atoms with Crippen LogP contribution in [0, 0.1) is 17.8 Å². The van der Waals surface area contributed by atoms with Crippen LogP contribution in [-0.4, -0.2) is 29.7 Å². The van der Waals surface area contributed by atoms with E-state index in [9.17, 15) is 4.79 Å². The van der Waals surface area contributed by atoms with Crippen LogP contribution in [0.2, 0.25) is 10.0 Å². The summed E-state index contributed by atoms with van der Waals surface area (Å²) < 4.78 is 0. The molecule has 3 aliphatic rings. The number of nitrogens with one attached hydrogen (secondary N) is 1. The third-order valence-electron chi connectivity index (χ3n) is 6.91. The molecule has 162 valence electrons. The van der Waals surface area contributed by atoms with Crippen molar-refractivity contribution in [1.82, 2.24) is 10.4 Å². The second-order valence-corrected chi connectivity index (χ2v) is 9.71. The maximum atomic E-state index is 13.3. The number of rotatable bonds is 4. The average molecular weight is 457 g/mol. The van der Waals surface area contributed by atoms with Gasteiger partial charge in [0.2, 0.25) is 0 Å². The van der Waals surface area contributed by atoms with Crippen LogP contribution in [-0.2, 0) is 4.79 Å². The van der Waals surface area contributed by atoms with E-state index in [0.717, 1.165) is 24.3 Å². The molecule has 0 radical (unpaired) electrons. The van der Waals surface area contributed by atoms with E-state index >= 15 is 0 Å². The number of hydrazone groups is 1. The number of carbonyl (C=O) groups is 1. The number of halogens is 2. The van der Waals surface area contributed by atoms with Gasteiger partial charge in [-0.3, -0.25) is 15.2 Å². The van der Waals surface area contributed by atoms with E-state index in [1.165, 1.54) is 19.3 Å². The zero-order valence-corrected chi connectivity index (χ0v) is 19.0. The van der Waals surface area contributed by atoms with Crippen molar-refractivity contribution in [3.05, 3.63) is 64.1 Å². The zero-order chi connectivity index (χ0) is 21.5. The Kier molecular flexibility index (Phi) is 5.67. The second-order valence-electron chi connectivity index (χ2n) is 8.86. The highest BCUT2D eigenvalue weighted by atomic mass is 35.5. The summed E-state index contributed by atoms with van der Waals surface area (Å²) in [6.07, 6.45) is 3.86. The minimum atomic E-state index is -0.143. The number of hydrogen-bond acceptors (Lipinski definition) is 4. The highest BCUT2D eigenvalue weighted by Crippen LogP contribution is 2.42. The van der Waals surface area contributed by atoms with E-state index in [4.69, 9.17) is 28.3 Å². The third kappa shape index (κ3) is 3.95. The Morgan fingerprint density at radius 3 is 2.39 bits per heavy atom. The molecule has 4 atom stereocenters. The lowest BCUT2D eigenvalue weighted by Crippen LogP contribution is -2.45. The molecule has 5 nitrogen and oxygen atoms in total. The number of fused-ring (bicyclic) bond motifs is 1. The first-order valence-electron chi connectivity index (χ1n) is 10.9.